The lowest BCUT2D eigenvalue weighted by molar-refractivity contribution is -0.125. The Kier molecular flexibility index (Phi) is 7.23. The molecule has 7 heteroatoms. The van der Waals surface area contributed by atoms with E-state index in [1.807, 2.05) is 6.92 Å². The molecule has 0 aromatic heterocycles. The fraction of sp³-hybridized carbons (Fsp3) is 0.345. The summed E-state index contributed by atoms with van der Waals surface area (Å²) in [6.07, 6.45) is 2.45. The molecule has 1 amide bonds. The van der Waals surface area contributed by atoms with E-state index in [0.717, 1.165) is 18.4 Å². The molecule has 188 valence electrons. The lowest BCUT2D eigenvalue weighted by atomic mass is 9.87. The number of benzene rings is 3. The van der Waals surface area contributed by atoms with E-state index in [1.165, 1.54) is 22.3 Å². The van der Waals surface area contributed by atoms with E-state index in [9.17, 15) is 13.2 Å². The molecule has 5 rings (SSSR count). The number of piperidine rings is 1. The summed E-state index contributed by atoms with van der Waals surface area (Å²) in [6.45, 7) is 3.47. The van der Waals surface area contributed by atoms with E-state index in [4.69, 9.17) is 0 Å². The number of carbonyl (C=O) groups excluding carboxylic acids is 1. The van der Waals surface area contributed by atoms with E-state index in [-0.39, 0.29) is 28.7 Å². The van der Waals surface area contributed by atoms with Gasteiger partial charge in [0.15, 0.2) is 0 Å². The first-order chi connectivity index (χ1) is 17.4. The van der Waals surface area contributed by atoms with Crippen LogP contribution in [0.1, 0.15) is 40.2 Å². The van der Waals surface area contributed by atoms with Crippen LogP contribution in [0, 0.1) is 12.8 Å². The quantitative estimate of drug-likeness (QED) is 0.482. The molecule has 0 bridgehead atoms. The third-order valence-electron chi connectivity index (χ3n) is 7.38. The van der Waals surface area contributed by atoms with Crippen molar-refractivity contribution >= 4 is 15.9 Å². The van der Waals surface area contributed by atoms with Crippen LogP contribution >= 0.6 is 0 Å². The summed E-state index contributed by atoms with van der Waals surface area (Å²) in [4.78, 5) is 13.5. The molecule has 1 heterocycles. The lowest BCUT2D eigenvalue weighted by Crippen LogP contribution is -2.52. The number of rotatable bonds is 6. The van der Waals surface area contributed by atoms with Crippen molar-refractivity contribution in [3.8, 4) is 0 Å². The van der Waals surface area contributed by atoms with Crippen LogP contribution in [0.15, 0.2) is 77.7 Å². The zero-order valence-electron chi connectivity index (χ0n) is 20.5. The predicted molar refractivity (Wildman–Crippen MR) is 141 cm³/mol. The van der Waals surface area contributed by atoms with Crippen LogP contribution in [0.3, 0.4) is 0 Å². The maximum absolute atomic E-state index is 13.2. The first-order valence-corrected chi connectivity index (χ1v) is 14.1. The third kappa shape index (κ3) is 5.38. The van der Waals surface area contributed by atoms with Crippen LogP contribution in [0.2, 0.25) is 0 Å². The number of aryl methyl sites for hydroxylation is 3. The Morgan fingerprint density at radius 1 is 0.889 bits per heavy atom. The highest BCUT2D eigenvalue weighted by atomic mass is 32.2. The number of hydrogen-bond acceptors (Lipinski definition) is 4. The van der Waals surface area contributed by atoms with Gasteiger partial charge in [0.2, 0.25) is 15.9 Å². The summed E-state index contributed by atoms with van der Waals surface area (Å²) in [6, 6.07) is 23.5. The van der Waals surface area contributed by atoms with Gasteiger partial charge in [-0.1, -0.05) is 66.2 Å². The number of hydrogen-bond donors (Lipinski definition) is 3. The maximum Gasteiger partial charge on any atom is 0.240 e. The summed E-state index contributed by atoms with van der Waals surface area (Å²) in [5, 5.41) is 6.44. The second-order valence-electron chi connectivity index (χ2n) is 9.92. The van der Waals surface area contributed by atoms with Gasteiger partial charge in [0.25, 0.3) is 0 Å². The topological polar surface area (TPSA) is 87.3 Å². The standard InChI is InChI=1S/C29H33N3O3S/c1-20-10-14-25(15-11-20)36(34,35)32-24-16-23(17-30-18-24)29(33)31-19-28-26-8-4-2-6-21(26)12-13-22-7-3-5-9-27(22)28/h2-11,14-15,23-24,28,30,32H,12-13,16-19H2,1H3,(H,31,33). The van der Waals surface area contributed by atoms with Gasteiger partial charge in [-0.3, -0.25) is 4.79 Å². The van der Waals surface area contributed by atoms with Crippen LogP contribution in [0.5, 0.6) is 0 Å². The average molecular weight is 504 g/mol. The van der Waals surface area contributed by atoms with Gasteiger partial charge in [0.1, 0.15) is 0 Å². The van der Waals surface area contributed by atoms with Crippen molar-refractivity contribution in [1.29, 1.82) is 0 Å². The monoisotopic (exact) mass is 503 g/mol. The SMILES string of the molecule is Cc1ccc(S(=O)(=O)NC2CNCC(C(=O)NCC3c4ccccc4CCc4ccccc43)C2)cc1. The molecule has 2 unspecified atom stereocenters. The molecule has 1 fully saturated rings. The van der Waals surface area contributed by atoms with Gasteiger partial charge in [-0.05, 0) is 60.6 Å². The summed E-state index contributed by atoms with van der Waals surface area (Å²) in [5.74, 6) is -0.252. The molecule has 3 N–H and O–H groups in total. The van der Waals surface area contributed by atoms with Gasteiger partial charge in [-0.15, -0.1) is 0 Å². The molecule has 1 aliphatic heterocycles. The van der Waals surface area contributed by atoms with Gasteiger partial charge in [0, 0.05) is 31.6 Å². The molecule has 1 aliphatic carbocycles. The highest BCUT2D eigenvalue weighted by molar-refractivity contribution is 7.89. The molecule has 6 nitrogen and oxygen atoms in total. The molecule has 0 radical (unpaired) electrons. The average Bonchev–Trinajstić information content (AvgIpc) is 3.04. The third-order valence-corrected chi connectivity index (χ3v) is 8.92. The fourth-order valence-corrected chi connectivity index (χ4v) is 6.69. The second-order valence-corrected chi connectivity index (χ2v) is 11.6. The highest BCUT2D eigenvalue weighted by Gasteiger charge is 2.31. The van der Waals surface area contributed by atoms with E-state index >= 15 is 0 Å². The van der Waals surface area contributed by atoms with E-state index < -0.39 is 10.0 Å². The molecule has 0 saturated carbocycles. The van der Waals surface area contributed by atoms with Gasteiger partial charge >= 0.3 is 0 Å². The van der Waals surface area contributed by atoms with Crippen LogP contribution < -0.4 is 15.4 Å². The Morgan fingerprint density at radius 3 is 2.14 bits per heavy atom. The van der Waals surface area contributed by atoms with Crippen LogP contribution in [0.25, 0.3) is 0 Å². The van der Waals surface area contributed by atoms with Crippen LogP contribution in [-0.4, -0.2) is 40.0 Å². The Labute approximate surface area is 213 Å². The number of amides is 1. The number of fused-ring (bicyclic) bond motifs is 2. The molecule has 2 atom stereocenters. The first kappa shape index (κ1) is 24.7. The first-order valence-electron chi connectivity index (χ1n) is 12.6. The summed E-state index contributed by atoms with van der Waals surface area (Å²) < 4.78 is 28.5. The van der Waals surface area contributed by atoms with Crippen molar-refractivity contribution < 1.29 is 13.2 Å². The lowest BCUT2D eigenvalue weighted by Gasteiger charge is -2.30. The number of nitrogens with one attached hydrogen (secondary N) is 3. The summed E-state index contributed by atoms with van der Waals surface area (Å²) in [5.41, 5.74) is 6.21. The summed E-state index contributed by atoms with van der Waals surface area (Å²) in [7, 11) is -3.65. The zero-order chi connectivity index (χ0) is 25.1. The zero-order valence-corrected chi connectivity index (χ0v) is 21.4. The van der Waals surface area contributed by atoms with Gasteiger partial charge in [-0.2, -0.15) is 0 Å². The van der Waals surface area contributed by atoms with Crippen molar-refractivity contribution in [2.75, 3.05) is 19.6 Å². The highest BCUT2D eigenvalue weighted by Crippen LogP contribution is 2.34. The van der Waals surface area contributed by atoms with Crippen molar-refractivity contribution in [1.82, 2.24) is 15.4 Å². The minimum atomic E-state index is -3.65. The van der Waals surface area contributed by atoms with Gasteiger partial charge < -0.3 is 10.6 Å². The molecule has 3 aromatic carbocycles. The minimum absolute atomic E-state index is 0.0408. The van der Waals surface area contributed by atoms with E-state index in [0.29, 0.717) is 26.1 Å². The second kappa shape index (κ2) is 10.5. The molecule has 1 saturated heterocycles. The normalized spacial score (nSPS) is 20.1. The number of sulfonamides is 1. The van der Waals surface area contributed by atoms with E-state index in [2.05, 4.69) is 63.9 Å². The molecule has 3 aromatic rings. The van der Waals surface area contributed by atoms with Gasteiger partial charge in [-0.25, -0.2) is 13.1 Å². The molecule has 0 spiro atoms. The summed E-state index contributed by atoms with van der Waals surface area (Å²) >= 11 is 0. The van der Waals surface area contributed by atoms with Crippen molar-refractivity contribution in [2.45, 2.75) is 43.0 Å². The van der Waals surface area contributed by atoms with Crippen molar-refractivity contribution in [2.24, 2.45) is 5.92 Å². The van der Waals surface area contributed by atoms with Gasteiger partial charge in [0.05, 0.1) is 10.8 Å². The van der Waals surface area contributed by atoms with Crippen molar-refractivity contribution in [3.63, 3.8) is 0 Å². The Morgan fingerprint density at radius 2 is 1.50 bits per heavy atom. The number of carbonyl (C=O) groups is 1. The van der Waals surface area contributed by atoms with E-state index in [1.54, 1.807) is 24.3 Å². The van der Waals surface area contributed by atoms with Crippen molar-refractivity contribution in [3.05, 3.63) is 101 Å². The maximum atomic E-state index is 13.2. The minimum Gasteiger partial charge on any atom is -0.355 e. The molecule has 36 heavy (non-hydrogen) atoms. The Hall–Kier alpha value is -3.00. The largest absolute Gasteiger partial charge is 0.355 e. The van der Waals surface area contributed by atoms with Crippen LogP contribution in [-0.2, 0) is 27.7 Å². The molecular weight excluding hydrogens is 470 g/mol. The smallest absolute Gasteiger partial charge is 0.240 e. The van der Waals surface area contributed by atoms with Crippen LogP contribution in [0.4, 0.5) is 0 Å². The predicted octanol–water partition coefficient (Wildman–Crippen LogP) is 3.30. The Bertz CT molecular complexity index is 1290. The Balaban J connectivity index is 1.26. The fourth-order valence-electron chi connectivity index (χ4n) is 5.44. The molecule has 2 aliphatic rings. The molecular formula is C29H33N3O3S.